The average molecular weight is 182 g/mol. The van der Waals surface area contributed by atoms with Crippen molar-refractivity contribution in [1.29, 1.82) is 0 Å². The fraction of sp³-hybridized carbons (Fsp3) is 0.143. The normalized spacial score (nSPS) is 10.7. The van der Waals surface area contributed by atoms with Gasteiger partial charge in [-0.3, -0.25) is 0 Å². The molecule has 0 aliphatic carbocycles. The van der Waals surface area contributed by atoms with Gasteiger partial charge in [0.25, 0.3) is 0 Å². The molecular formula is C7H6F4O. The van der Waals surface area contributed by atoms with Gasteiger partial charge in [-0.25, -0.2) is 4.39 Å². The van der Waals surface area contributed by atoms with Gasteiger partial charge in [-0.2, -0.15) is 13.2 Å². The highest BCUT2D eigenvalue weighted by Crippen LogP contribution is 2.30. The Morgan fingerprint density at radius 1 is 1.00 bits per heavy atom. The van der Waals surface area contributed by atoms with E-state index < -0.39 is 17.6 Å². The molecule has 0 fully saturated rings. The fourth-order valence-corrected chi connectivity index (χ4v) is 0.691. The van der Waals surface area contributed by atoms with Crippen molar-refractivity contribution in [2.24, 2.45) is 0 Å². The molecule has 12 heavy (non-hydrogen) atoms. The van der Waals surface area contributed by atoms with Crippen LogP contribution in [-0.4, -0.2) is 5.48 Å². The molecular weight excluding hydrogens is 176 g/mol. The van der Waals surface area contributed by atoms with Crippen LogP contribution in [0.5, 0.6) is 0 Å². The molecule has 0 radical (unpaired) electrons. The quantitative estimate of drug-likeness (QED) is 0.550. The molecule has 0 unspecified atom stereocenters. The molecule has 0 heterocycles. The van der Waals surface area contributed by atoms with Crippen molar-refractivity contribution >= 4 is 0 Å². The zero-order valence-electron chi connectivity index (χ0n) is 5.82. The third kappa shape index (κ3) is 2.20. The molecule has 1 rings (SSSR count). The van der Waals surface area contributed by atoms with Crippen LogP contribution in [0.3, 0.4) is 0 Å². The summed E-state index contributed by atoms with van der Waals surface area (Å²) in [6, 6.07) is 3.84. The molecule has 1 nitrogen and oxygen atoms in total. The Labute approximate surface area is 65.9 Å². The molecule has 0 aliphatic heterocycles. The third-order valence-electron chi connectivity index (χ3n) is 1.18. The van der Waals surface area contributed by atoms with E-state index in [0.29, 0.717) is 6.07 Å². The smallest absolute Gasteiger partial charge is 0.412 e. The van der Waals surface area contributed by atoms with Gasteiger partial charge in [0.1, 0.15) is 5.82 Å². The Bertz CT molecular complexity index is 256. The largest absolute Gasteiger partial charge is 0.419 e. The highest BCUT2D eigenvalue weighted by atomic mass is 19.4. The van der Waals surface area contributed by atoms with E-state index in [1.165, 1.54) is 6.07 Å². The first kappa shape index (κ1) is 10.9. The van der Waals surface area contributed by atoms with Gasteiger partial charge in [0, 0.05) is 0 Å². The van der Waals surface area contributed by atoms with E-state index in [2.05, 4.69) is 0 Å². The molecule has 5 heteroatoms. The van der Waals surface area contributed by atoms with Gasteiger partial charge < -0.3 is 5.48 Å². The van der Waals surface area contributed by atoms with Crippen LogP contribution in [-0.2, 0) is 6.18 Å². The van der Waals surface area contributed by atoms with Crippen LogP contribution in [0.1, 0.15) is 5.56 Å². The SMILES string of the molecule is Fc1ccccc1C(F)(F)F.O. The van der Waals surface area contributed by atoms with Gasteiger partial charge in [0.2, 0.25) is 0 Å². The minimum Gasteiger partial charge on any atom is -0.412 e. The molecule has 1 aromatic rings. The summed E-state index contributed by atoms with van der Waals surface area (Å²) >= 11 is 0. The molecule has 0 aliphatic rings. The first-order valence-electron chi connectivity index (χ1n) is 2.83. The van der Waals surface area contributed by atoms with Crippen molar-refractivity contribution in [2.45, 2.75) is 6.18 Å². The molecule has 1 aromatic carbocycles. The van der Waals surface area contributed by atoms with E-state index in [-0.39, 0.29) is 5.48 Å². The second-order valence-corrected chi connectivity index (χ2v) is 1.98. The van der Waals surface area contributed by atoms with E-state index in [9.17, 15) is 17.6 Å². The second-order valence-electron chi connectivity index (χ2n) is 1.98. The lowest BCUT2D eigenvalue weighted by Gasteiger charge is -2.05. The van der Waals surface area contributed by atoms with Crippen molar-refractivity contribution in [3.8, 4) is 0 Å². The highest BCUT2D eigenvalue weighted by molar-refractivity contribution is 5.19. The lowest BCUT2D eigenvalue weighted by atomic mass is 10.2. The lowest BCUT2D eigenvalue weighted by molar-refractivity contribution is -0.140. The summed E-state index contributed by atoms with van der Waals surface area (Å²) in [6.45, 7) is 0. The first-order valence-corrected chi connectivity index (χ1v) is 2.83. The summed E-state index contributed by atoms with van der Waals surface area (Å²) in [5, 5.41) is 0. The van der Waals surface area contributed by atoms with Gasteiger partial charge in [-0.1, -0.05) is 12.1 Å². The van der Waals surface area contributed by atoms with E-state index in [1.54, 1.807) is 0 Å². The summed E-state index contributed by atoms with van der Waals surface area (Å²) < 4.78 is 47.8. The van der Waals surface area contributed by atoms with E-state index >= 15 is 0 Å². The van der Waals surface area contributed by atoms with E-state index in [0.717, 1.165) is 12.1 Å². The van der Waals surface area contributed by atoms with Gasteiger partial charge in [0.05, 0.1) is 5.56 Å². The fourth-order valence-electron chi connectivity index (χ4n) is 0.691. The molecule has 0 saturated carbocycles. The molecule has 0 saturated heterocycles. The summed E-state index contributed by atoms with van der Waals surface area (Å²) in [5.74, 6) is -1.24. The predicted molar refractivity (Wildman–Crippen MR) is 35.0 cm³/mol. The number of alkyl halides is 3. The number of rotatable bonds is 0. The van der Waals surface area contributed by atoms with Crippen LogP contribution >= 0.6 is 0 Å². The maximum atomic E-state index is 12.4. The zero-order valence-corrected chi connectivity index (χ0v) is 5.82. The second kappa shape index (κ2) is 3.53. The van der Waals surface area contributed by atoms with Gasteiger partial charge in [-0.05, 0) is 12.1 Å². The minimum atomic E-state index is -4.59. The Balaban J connectivity index is 0.00000121. The van der Waals surface area contributed by atoms with Crippen LogP contribution in [0.25, 0.3) is 0 Å². The minimum absolute atomic E-state index is 0. The van der Waals surface area contributed by atoms with Crippen molar-refractivity contribution in [1.82, 2.24) is 0 Å². The van der Waals surface area contributed by atoms with Crippen molar-refractivity contribution < 1.29 is 23.0 Å². The van der Waals surface area contributed by atoms with Crippen LogP contribution in [0.2, 0.25) is 0 Å². The average Bonchev–Trinajstić information content (AvgIpc) is 1.86. The highest BCUT2D eigenvalue weighted by Gasteiger charge is 2.33. The maximum absolute atomic E-state index is 12.4. The van der Waals surface area contributed by atoms with Crippen molar-refractivity contribution in [3.05, 3.63) is 35.6 Å². The third-order valence-corrected chi connectivity index (χ3v) is 1.18. The number of hydrogen-bond acceptors (Lipinski definition) is 0. The summed E-state index contributed by atoms with van der Waals surface area (Å²) in [6.07, 6.45) is -4.59. The molecule has 2 N–H and O–H groups in total. The summed E-state index contributed by atoms with van der Waals surface area (Å²) in [7, 11) is 0. The van der Waals surface area contributed by atoms with Crippen LogP contribution in [0.4, 0.5) is 17.6 Å². The lowest BCUT2D eigenvalue weighted by Crippen LogP contribution is -2.07. The first-order chi connectivity index (χ1) is 5.02. The number of hydrogen-bond donors (Lipinski definition) is 0. The Kier molecular flexibility index (Phi) is 3.21. The molecule has 0 atom stereocenters. The molecule has 0 amide bonds. The van der Waals surface area contributed by atoms with Crippen LogP contribution in [0, 0.1) is 5.82 Å². The number of benzene rings is 1. The Morgan fingerprint density at radius 2 is 1.50 bits per heavy atom. The molecule has 0 bridgehead atoms. The Hall–Kier alpha value is -1.10. The maximum Gasteiger partial charge on any atom is 0.419 e. The zero-order chi connectivity index (χ0) is 8.48. The standard InChI is InChI=1S/C7H4F4.H2O/c8-6-4-2-1-3-5(6)7(9,10)11;/h1-4H;1H2. The Morgan fingerprint density at radius 3 is 1.83 bits per heavy atom. The monoisotopic (exact) mass is 182 g/mol. The van der Waals surface area contributed by atoms with Gasteiger partial charge in [0.15, 0.2) is 0 Å². The van der Waals surface area contributed by atoms with Crippen molar-refractivity contribution in [2.75, 3.05) is 0 Å². The van der Waals surface area contributed by atoms with Gasteiger partial charge >= 0.3 is 6.18 Å². The predicted octanol–water partition coefficient (Wildman–Crippen LogP) is 2.02. The summed E-state index contributed by atoms with van der Waals surface area (Å²) in [4.78, 5) is 0. The van der Waals surface area contributed by atoms with Gasteiger partial charge in [-0.15, -0.1) is 0 Å². The van der Waals surface area contributed by atoms with Crippen molar-refractivity contribution in [3.63, 3.8) is 0 Å². The van der Waals surface area contributed by atoms with E-state index in [4.69, 9.17) is 0 Å². The van der Waals surface area contributed by atoms with Crippen LogP contribution in [0.15, 0.2) is 24.3 Å². The number of halogens is 4. The molecule has 68 valence electrons. The molecule has 0 spiro atoms. The molecule has 0 aromatic heterocycles. The van der Waals surface area contributed by atoms with Crippen LogP contribution < -0.4 is 0 Å². The van der Waals surface area contributed by atoms with E-state index in [1.807, 2.05) is 0 Å². The topological polar surface area (TPSA) is 31.5 Å². The summed E-state index contributed by atoms with van der Waals surface area (Å²) in [5.41, 5.74) is -1.22.